The SMILES string of the molecule is [CH2]COC1CCC(C(C)(C)C)CC1. The van der Waals surface area contributed by atoms with E-state index < -0.39 is 0 Å². The highest BCUT2D eigenvalue weighted by Gasteiger charge is 2.29. The van der Waals surface area contributed by atoms with Gasteiger partial charge >= 0.3 is 0 Å². The molecule has 1 rings (SSSR count). The number of rotatable bonds is 2. The molecule has 13 heavy (non-hydrogen) atoms. The van der Waals surface area contributed by atoms with E-state index in [2.05, 4.69) is 27.7 Å². The molecule has 1 saturated carbocycles. The summed E-state index contributed by atoms with van der Waals surface area (Å²) in [7, 11) is 0. The maximum atomic E-state index is 5.53. The van der Waals surface area contributed by atoms with Crippen molar-refractivity contribution in [2.24, 2.45) is 11.3 Å². The summed E-state index contributed by atoms with van der Waals surface area (Å²) in [5, 5.41) is 0. The van der Waals surface area contributed by atoms with Crippen LogP contribution in [0, 0.1) is 18.3 Å². The Balaban J connectivity index is 2.30. The van der Waals surface area contributed by atoms with E-state index in [9.17, 15) is 0 Å². The summed E-state index contributed by atoms with van der Waals surface area (Å²) in [5.74, 6) is 0.886. The van der Waals surface area contributed by atoms with Crippen molar-refractivity contribution < 1.29 is 4.74 Å². The van der Waals surface area contributed by atoms with Crippen LogP contribution in [0.4, 0.5) is 0 Å². The number of hydrogen-bond donors (Lipinski definition) is 0. The van der Waals surface area contributed by atoms with E-state index in [4.69, 9.17) is 4.74 Å². The molecule has 0 aromatic rings. The van der Waals surface area contributed by atoms with Gasteiger partial charge in [-0.05, 0) is 43.9 Å². The third kappa shape index (κ3) is 3.30. The van der Waals surface area contributed by atoms with Gasteiger partial charge < -0.3 is 4.74 Å². The van der Waals surface area contributed by atoms with Gasteiger partial charge in [-0.2, -0.15) is 0 Å². The van der Waals surface area contributed by atoms with Crippen molar-refractivity contribution in [2.45, 2.75) is 52.6 Å². The van der Waals surface area contributed by atoms with E-state index in [1.807, 2.05) is 0 Å². The normalized spacial score (nSPS) is 30.5. The maximum absolute atomic E-state index is 5.53. The molecule has 0 saturated heterocycles. The van der Waals surface area contributed by atoms with E-state index >= 15 is 0 Å². The van der Waals surface area contributed by atoms with Crippen LogP contribution >= 0.6 is 0 Å². The molecule has 1 fully saturated rings. The topological polar surface area (TPSA) is 9.23 Å². The zero-order valence-electron chi connectivity index (χ0n) is 9.31. The van der Waals surface area contributed by atoms with Gasteiger partial charge in [-0.15, -0.1) is 0 Å². The van der Waals surface area contributed by atoms with E-state index in [1.54, 1.807) is 0 Å². The lowest BCUT2D eigenvalue weighted by molar-refractivity contribution is 0.0168. The summed E-state index contributed by atoms with van der Waals surface area (Å²) < 4.78 is 5.53. The highest BCUT2D eigenvalue weighted by atomic mass is 16.5. The molecule has 1 aliphatic carbocycles. The van der Waals surface area contributed by atoms with Crippen molar-refractivity contribution in [1.82, 2.24) is 0 Å². The highest BCUT2D eigenvalue weighted by Crippen LogP contribution is 2.38. The van der Waals surface area contributed by atoms with Gasteiger partial charge in [-0.3, -0.25) is 0 Å². The third-order valence-electron chi connectivity index (χ3n) is 3.25. The van der Waals surface area contributed by atoms with Crippen LogP contribution in [0.5, 0.6) is 0 Å². The van der Waals surface area contributed by atoms with Gasteiger partial charge in [-0.1, -0.05) is 20.8 Å². The Labute approximate surface area is 82.9 Å². The molecule has 0 aromatic heterocycles. The molecule has 0 atom stereocenters. The van der Waals surface area contributed by atoms with Gasteiger partial charge in [-0.25, -0.2) is 0 Å². The first-order valence-corrected chi connectivity index (χ1v) is 5.45. The smallest absolute Gasteiger partial charge is 0.0575 e. The van der Waals surface area contributed by atoms with Crippen molar-refractivity contribution in [1.29, 1.82) is 0 Å². The van der Waals surface area contributed by atoms with E-state index in [1.165, 1.54) is 25.7 Å². The Morgan fingerprint density at radius 1 is 1.15 bits per heavy atom. The second kappa shape index (κ2) is 4.45. The first kappa shape index (κ1) is 11.0. The molecule has 0 bridgehead atoms. The Morgan fingerprint density at radius 2 is 1.69 bits per heavy atom. The molecule has 0 aromatic carbocycles. The van der Waals surface area contributed by atoms with Gasteiger partial charge in [0.15, 0.2) is 0 Å². The molecule has 77 valence electrons. The van der Waals surface area contributed by atoms with E-state index in [0.717, 1.165) is 5.92 Å². The molecule has 0 amide bonds. The van der Waals surface area contributed by atoms with Crippen molar-refractivity contribution in [3.05, 3.63) is 6.92 Å². The first-order valence-electron chi connectivity index (χ1n) is 5.45. The Hall–Kier alpha value is -0.0400. The van der Waals surface area contributed by atoms with Crippen molar-refractivity contribution in [2.75, 3.05) is 6.61 Å². The lowest BCUT2D eigenvalue weighted by Crippen LogP contribution is -2.29. The van der Waals surface area contributed by atoms with Crippen LogP contribution < -0.4 is 0 Å². The maximum Gasteiger partial charge on any atom is 0.0575 e. The summed E-state index contributed by atoms with van der Waals surface area (Å²) in [6, 6.07) is 0. The third-order valence-corrected chi connectivity index (χ3v) is 3.25. The predicted octanol–water partition coefficient (Wildman–Crippen LogP) is 3.44. The van der Waals surface area contributed by atoms with Crippen molar-refractivity contribution in [3.8, 4) is 0 Å². The average molecular weight is 183 g/mol. The van der Waals surface area contributed by atoms with Crippen LogP contribution in [-0.2, 0) is 4.74 Å². The lowest BCUT2D eigenvalue weighted by Gasteiger charge is -2.36. The fourth-order valence-corrected chi connectivity index (χ4v) is 2.26. The summed E-state index contributed by atoms with van der Waals surface area (Å²) in [4.78, 5) is 0. The van der Waals surface area contributed by atoms with Crippen LogP contribution in [0.15, 0.2) is 0 Å². The van der Waals surface area contributed by atoms with Crippen molar-refractivity contribution >= 4 is 0 Å². The van der Waals surface area contributed by atoms with Crippen molar-refractivity contribution in [3.63, 3.8) is 0 Å². The molecule has 1 heteroatoms. The second-order valence-corrected chi connectivity index (χ2v) is 5.21. The quantitative estimate of drug-likeness (QED) is 0.637. The minimum absolute atomic E-state index is 0.482. The van der Waals surface area contributed by atoms with Crippen LogP contribution in [0.3, 0.4) is 0 Å². The summed E-state index contributed by atoms with van der Waals surface area (Å²) in [5.41, 5.74) is 0.482. The Kier molecular flexibility index (Phi) is 3.78. The number of hydrogen-bond acceptors (Lipinski definition) is 1. The average Bonchev–Trinajstić information content (AvgIpc) is 2.04. The standard InChI is InChI=1S/C12H23O/c1-5-13-11-8-6-10(7-9-11)12(2,3)4/h10-11H,1,5-9H2,2-4H3. The summed E-state index contributed by atoms with van der Waals surface area (Å²) in [6.45, 7) is 11.4. The molecular formula is C12H23O. The second-order valence-electron chi connectivity index (χ2n) is 5.21. The Morgan fingerprint density at radius 3 is 2.08 bits per heavy atom. The molecule has 0 heterocycles. The summed E-state index contributed by atoms with van der Waals surface area (Å²) >= 11 is 0. The molecule has 0 spiro atoms. The highest BCUT2D eigenvalue weighted by molar-refractivity contribution is 4.80. The molecule has 1 radical (unpaired) electrons. The summed E-state index contributed by atoms with van der Waals surface area (Å²) in [6.07, 6.45) is 5.62. The largest absolute Gasteiger partial charge is 0.378 e. The number of ether oxygens (including phenoxy) is 1. The molecule has 0 N–H and O–H groups in total. The van der Waals surface area contributed by atoms with Crippen LogP contribution in [0.25, 0.3) is 0 Å². The zero-order valence-corrected chi connectivity index (χ0v) is 9.31. The van der Waals surface area contributed by atoms with Crippen LogP contribution in [-0.4, -0.2) is 12.7 Å². The van der Waals surface area contributed by atoms with Gasteiger partial charge in [0.05, 0.1) is 6.10 Å². The molecular weight excluding hydrogens is 160 g/mol. The van der Waals surface area contributed by atoms with Crippen LogP contribution in [0.2, 0.25) is 0 Å². The fraction of sp³-hybridized carbons (Fsp3) is 0.917. The van der Waals surface area contributed by atoms with E-state index in [-0.39, 0.29) is 0 Å². The lowest BCUT2D eigenvalue weighted by atomic mass is 9.72. The molecule has 0 unspecified atom stereocenters. The van der Waals surface area contributed by atoms with Gasteiger partial charge in [0.1, 0.15) is 0 Å². The monoisotopic (exact) mass is 183 g/mol. The molecule has 1 nitrogen and oxygen atoms in total. The minimum atomic E-state index is 0.482. The minimum Gasteiger partial charge on any atom is -0.378 e. The predicted molar refractivity (Wildman–Crippen MR) is 56.5 cm³/mol. The first-order chi connectivity index (χ1) is 6.04. The van der Waals surface area contributed by atoms with Gasteiger partial charge in [0.2, 0.25) is 0 Å². The molecule has 0 aliphatic heterocycles. The fourth-order valence-electron chi connectivity index (χ4n) is 2.26. The Bertz CT molecular complexity index is 138. The zero-order chi connectivity index (χ0) is 9.90. The van der Waals surface area contributed by atoms with Crippen LogP contribution in [0.1, 0.15) is 46.5 Å². The van der Waals surface area contributed by atoms with Gasteiger partial charge in [0, 0.05) is 6.61 Å². The molecule has 1 aliphatic rings. The van der Waals surface area contributed by atoms with E-state index in [0.29, 0.717) is 18.1 Å². The van der Waals surface area contributed by atoms with Gasteiger partial charge in [0.25, 0.3) is 0 Å².